The fourth-order valence-corrected chi connectivity index (χ4v) is 2.70. The minimum Gasteiger partial charge on any atom is -0.302 e. The number of carbonyl (C=O) groups excluding carboxylic acids is 2. The maximum Gasteiger partial charge on any atom is 0.299 e. The first kappa shape index (κ1) is 15.6. The van der Waals surface area contributed by atoms with Gasteiger partial charge in [-0.1, -0.05) is 33.1 Å². The Labute approximate surface area is 122 Å². The van der Waals surface area contributed by atoms with Gasteiger partial charge in [0, 0.05) is 6.54 Å². The summed E-state index contributed by atoms with van der Waals surface area (Å²) in [5.74, 6) is -3.17. The molecule has 2 rings (SSSR count). The maximum absolute atomic E-state index is 14.0. The molecule has 0 fully saturated rings. The van der Waals surface area contributed by atoms with E-state index in [2.05, 4.69) is 6.92 Å². The quantitative estimate of drug-likeness (QED) is 0.750. The van der Waals surface area contributed by atoms with Gasteiger partial charge < -0.3 is 4.90 Å². The lowest BCUT2D eigenvalue weighted by molar-refractivity contribution is -0.114. The van der Waals surface area contributed by atoms with Crippen LogP contribution < -0.4 is 4.90 Å². The van der Waals surface area contributed by atoms with Crippen LogP contribution in [0.5, 0.6) is 0 Å². The van der Waals surface area contributed by atoms with Crippen LogP contribution in [-0.4, -0.2) is 18.2 Å². The number of rotatable bonds is 6. The molecule has 0 radical (unpaired) electrons. The van der Waals surface area contributed by atoms with Crippen LogP contribution in [0.25, 0.3) is 0 Å². The van der Waals surface area contributed by atoms with Crippen LogP contribution in [0.3, 0.4) is 0 Å². The molecule has 1 amide bonds. The highest BCUT2D eigenvalue weighted by Crippen LogP contribution is 2.34. The zero-order valence-corrected chi connectivity index (χ0v) is 12.3. The summed E-state index contributed by atoms with van der Waals surface area (Å²) in [6.45, 7) is 4.32. The van der Waals surface area contributed by atoms with Crippen molar-refractivity contribution in [3.8, 4) is 0 Å². The highest BCUT2D eigenvalue weighted by Gasteiger charge is 2.41. The smallest absolute Gasteiger partial charge is 0.299 e. The molecule has 21 heavy (non-hydrogen) atoms. The number of ketones is 1. The number of nitrogens with zero attached hydrogens (tertiary/aromatic N) is 1. The Morgan fingerprint density at radius 2 is 1.81 bits per heavy atom. The Morgan fingerprint density at radius 1 is 1.14 bits per heavy atom. The molecule has 1 aliphatic rings. The van der Waals surface area contributed by atoms with E-state index >= 15 is 0 Å². The van der Waals surface area contributed by atoms with Crippen molar-refractivity contribution in [1.82, 2.24) is 0 Å². The second-order valence-corrected chi connectivity index (χ2v) is 5.41. The summed E-state index contributed by atoms with van der Waals surface area (Å²) in [7, 11) is 0. The van der Waals surface area contributed by atoms with Gasteiger partial charge in [-0.15, -0.1) is 0 Å². The van der Waals surface area contributed by atoms with E-state index < -0.39 is 28.9 Å². The van der Waals surface area contributed by atoms with E-state index in [9.17, 15) is 18.4 Å². The Balaban J connectivity index is 2.32. The van der Waals surface area contributed by atoms with Gasteiger partial charge in [0.1, 0.15) is 11.6 Å². The highest BCUT2D eigenvalue weighted by atomic mass is 19.1. The van der Waals surface area contributed by atoms with Crippen LogP contribution in [0, 0.1) is 17.6 Å². The van der Waals surface area contributed by atoms with Gasteiger partial charge in [-0.25, -0.2) is 8.78 Å². The summed E-state index contributed by atoms with van der Waals surface area (Å²) < 4.78 is 27.7. The van der Waals surface area contributed by atoms with Gasteiger partial charge >= 0.3 is 0 Å². The van der Waals surface area contributed by atoms with Crippen LogP contribution in [0.2, 0.25) is 0 Å². The van der Waals surface area contributed by atoms with Crippen LogP contribution in [0.4, 0.5) is 14.5 Å². The molecule has 0 saturated carbocycles. The molecule has 0 saturated heterocycles. The number of hydrogen-bond donors (Lipinski definition) is 0. The zero-order valence-electron chi connectivity index (χ0n) is 12.3. The number of fused-ring (bicyclic) bond motifs is 1. The fraction of sp³-hybridized carbons (Fsp3) is 0.500. The normalized spacial score (nSPS) is 15.5. The Bertz CT molecular complexity index is 572. The first-order valence-electron chi connectivity index (χ1n) is 7.35. The average molecular weight is 295 g/mol. The molecule has 114 valence electrons. The summed E-state index contributed by atoms with van der Waals surface area (Å²) >= 11 is 0. The zero-order chi connectivity index (χ0) is 15.6. The highest BCUT2D eigenvalue weighted by molar-refractivity contribution is 6.52. The lowest BCUT2D eigenvalue weighted by atomic mass is 9.98. The number of amides is 1. The molecule has 1 heterocycles. The first-order valence-corrected chi connectivity index (χ1v) is 7.35. The molecular weight excluding hydrogens is 276 g/mol. The SMILES string of the molecule is CCCCC(CC)CN1C(=O)C(=O)c2c(F)ccc(F)c21. The second-order valence-electron chi connectivity index (χ2n) is 5.41. The number of halogens is 2. The number of anilines is 1. The Morgan fingerprint density at radius 3 is 2.43 bits per heavy atom. The van der Waals surface area contributed by atoms with Crippen LogP contribution in [0.1, 0.15) is 49.9 Å². The Hall–Kier alpha value is -1.78. The van der Waals surface area contributed by atoms with E-state index in [0.29, 0.717) is 0 Å². The molecule has 1 aromatic carbocycles. The molecule has 0 aliphatic carbocycles. The van der Waals surface area contributed by atoms with Crippen LogP contribution in [-0.2, 0) is 4.79 Å². The summed E-state index contributed by atoms with van der Waals surface area (Å²) in [4.78, 5) is 25.0. The van der Waals surface area contributed by atoms with E-state index in [1.54, 1.807) is 0 Å². The minimum absolute atomic E-state index is 0.176. The number of benzene rings is 1. The van der Waals surface area contributed by atoms with Gasteiger partial charge in [0.15, 0.2) is 0 Å². The van der Waals surface area contributed by atoms with E-state index in [0.717, 1.165) is 42.7 Å². The van der Waals surface area contributed by atoms with Gasteiger partial charge in [-0.3, -0.25) is 9.59 Å². The van der Waals surface area contributed by atoms with E-state index in [1.165, 1.54) is 0 Å². The van der Waals surface area contributed by atoms with Crippen molar-refractivity contribution in [2.75, 3.05) is 11.4 Å². The summed E-state index contributed by atoms with van der Waals surface area (Å²) in [6, 6.07) is 1.84. The molecule has 3 nitrogen and oxygen atoms in total. The van der Waals surface area contributed by atoms with Crippen molar-refractivity contribution in [1.29, 1.82) is 0 Å². The number of Topliss-reactive ketones (excluding diaryl/α,β-unsaturated/α-hetero) is 1. The standard InChI is InChI=1S/C16H19F2NO2/c1-3-5-6-10(4-2)9-19-14-12(18)8-7-11(17)13(14)15(20)16(19)21/h7-8,10H,3-6,9H2,1-2H3. The lowest BCUT2D eigenvalue weighted by Crippen LogP contribution is -2.34. The summed E-state index contributed by atoms with van der Waals surface area (Å²) in [5.41, 5.74) is -0.620. The van der Waals surface area contributed by atoms with Crippen LogP contribution in [0.15, 0.2) is 12.1 Å². The molecule has 0 N–H and O–H groups in total. The van der Waals surface area contributed by atoms with Gasteiger partial charge in [-0.05, 0) is 24.5 Å². The molecule has 0 bridgehead atoms. The van der Waals surface area contributed by atoms with Crippen molar-refractivity contribution in [2.24, 2.45) is 5.92 Å². The summed E-state index contributed by atoms with van der Waals surface area (Å²) in [6.07, 6.45) is 3.76. The third-order valence-corrected chi connectivity index (χ3v) is 4.00. The molecule has 1 atom stereocenters. The molecule has 5 heteroatoms. The average Bonchev–Trinajstić information content (AvgIpc) is 2.73. The van der Waals surface area contributed by atoms with E-state index in [1.807, 2.05) is 6.92 Å². The number of hydrogen-bond acceptors (Lipinski definition) is 2. The van der Waals surface area contributed by atoms with Crippen molar-refractivity contribution in [3.63, 3.8) is 0 Å². The molecule has 1 aromatic rings. The van der Waals surface area contributed by atoms with E-state index in [-0.39, 0.29) is 18.2 Å². The molecule has 0 spiro atoms. The first-order chi connectivity index (χ1) is 10.0. The van der Waals surface area contributed by atoms with Crippen molar-refractivity contribution >= 4 is 17.4 Å². The van der Waals surface area contributed by atoms with Crippen molar-refractivity contribution in [3.05, 3.63) is 29.3 Å². The predicted molar refractivity (Wildman–Crippen MR) is 76.3 cm³/mol. The lowest BCUT2D eigenvalue weighted by Gasteiger charge is -2.23. The van der Waals surface area contributed by atoms with Gasteiger partial charge in [0.25, 0.3) is 11.7 Å². The van der Waals surface area contributed by atoms with Gasteiger partial charge in [-0.2, -0.15) is 0 Å². The monoisotopic (exact) mass is 295 g/mol. The Kier molecular flexibility index (Phi) is 4.70. The molecule has 0 aromatic heterocycles. The second kappa shape index (κ2) is 6.33. The number of carbonyl (C=O) groups is 2. The molecular formula is C16H19F2NO2. The number of unbranched alkanes of at least 4 members (excludes halogenated alkanes) is 1. The fourth-order valence-electron chi connectivity index (χ4n) is 2.70. The third-order valence-electron chi connectivity index (χ3n) is 4.00. The molecule has 1 unspecified atom stereocenters. The van der Waals surface area contributed by atoms with Gasteiger partial charge in [0.2, 0.25) is 0 Å². The summed E-state index contributed by atoms with van der Waals surface area (Å²) in [5, 5.41) is 0. The molecule has 1 aliphatic heterocycles. The van der Waals surface area contributed by atoms with Crippen molar-refractivity contribution < 1.29 is 18.4 Å². The van der Waals surface area contributed by atoms with Gasteiger partial charge in [0.05, 0.1) is 11.3 Å². The van der Waals surface area contributed by atoms with Crippen LogP contribution >= 0.6 is 0 Å². The largest absolute Gasteiger partial charge is 0.302 e. The minimum atomic E-state index is -0.952. The topological polar surface area (TPSA) is 37.4 Å². The third kappa shape index (κ3) is 2.82. The van der Waals surface area contributed by atoms with E-state index in [4.69, 9.17) is 0 Å². The maximum atomic E-state index is 14.0. The predicted octanol–water partition coefficient (Wildman–Crippen LogP) is 3.71. The van der Waals surface area contributed by atoms with Crippen molar-refractivity contribution in [2.45, 2.75) is 39.5 Å².